The quantitative estimate of drug-likeness (QED) is 0.754. The molecule has 3 rings (SSSR count). The lowest BCUT2D eigenvalue weighted by Crippen LogP contribution is -2.24. The fraction of sp³-hybridized carbons (Fsp3) is 0.167. The Hall–Kier alpha value is -3.15. The average Bonchev–Trinajstić information content (AvgIpc) is 3.10. The van der Waals surface area contributed by atoms with Gasteiger partial charge in [-0.15, -0.1) is 10.2 Å². The van der Waals surface area contributed by atoms with E-state index in [1.165, 1.54) is 0 Å². The first-order chi connectivity index (χ1) is 11.8. The maximum atomic E-state index is 12.1. The highest BCUT2D eigenvalue weighted by Crippen LogP contribution is 2.18. The molecule has 0 saturated carbocycles. The zero-order chi connectivity index (χ0) is 16.8. The number of amides is 1. The molecule has 122 valence electrons. The van der Waals surface area contributed by atoms with E-state index in [-0.39, 0.29) is 18.9 Å². The standard InChI is InChI=1S/C18H17N3O3/c1-23-15-10-6-5-9-14(15)11-16(22)19-12-17-20-21-18(24-17)13-7-3-2-4-8-13/h2-10H,11-12H2,1H3,(H,19,22). The van der Waals surface area contributed by atoms with Crippen molar-refractivity contribution in [2.45, 2.75) is 13.0 Å². The van der Waals surface area contributed by atoms with Gasteiger partial charge in [-0.05, 0) is 18.2 Å². The van der Waals surface area contributed by atoms with Gasteiger partial charge < -0.3 is 14.5 Å². The topological polar surface area (TPSA) is 77.2 Å². The molecule has 2 aromatic carbocycles. The highest BCUT2D eigenvalue weighted by Gasteiger charge is 2.11. The Morgan fingerprint density at radius 3 is 2.62 bits per heavy atom. The molecule has 1 amide bonds. The Kier molecular flexibility index (Phi) is 4.86. The fourth-order valence-electron chi connectivity index (χ4n) is 2.28. The smallest absolute Gasteiger partial charge is 0.247 e. The van der Waals surface area contributed by atoms with Crippen LogP contribution in [0.15, 0.2) is 59.0 Å². The third-order valence-corrected chi connectivity index (χ3v) is 3.47. The predicted molar refractivity (Wildman–Crippen MR) is 88.3 cm³/mol. The van der Waals surface area contributed by atoms with Gasteiger partial charge in [-0.25, -0.2) is 0 Å². The first kappa shape index (κ1) is 15.7. The lowest BCUT2D eigenvalue weighted by Gasteiger charge is -2.07. The van der Waals surface area contributed by atoms with Gasteiger partial charge in [0, 0.05) is 11.1 Å². The number of aromatic nitrogens is 2. The predicted octanol–water partition coefficient (Wildman–Crippen LogP) is 2.60. The van der Waals surface area contributed by atoms with Gasteiger partial charge in [-0.2, -0.15) is 0 Å². The monoisotopic (exact) mass is 323 g/mol. The van der Waals surface area contributed by atoms with Gasteiger partial charge in [0.25, 0.3) is 0 Å². The molecular formula is C18H17N3O3. The van der Waals surface area contributed by atoms with Crippen molar-refractivity contribution in [2.75, 3.05) is 7.11 Å². The van der Waals surface area contributed by atoms with Gasteiger partial charge in [0.2, 0.25) is 17.7 Å². The number of nitrogens with one attached hydrogen (secondary N) is 1. The summed E-state index contributed by atoms with van der Waals surface area (Å²) < 4.78 is 10.8. The number of nitrogens with zero attached hydrogens (tertiary/aromatic N) is 2. The van der Waals surface area contributed by atoms with E-state index >= 15 is 0 Å². The van der Waals surface area contributed by atoms with E-state index in [1.54, 1.807) is 7.11 Å². The van der Waals surface area contributed by atoms with E-state index in [1.807, 2.05) is 54.6 Å². The molecule has 1 heterocycles. The zero-order valence-electron chi connectivity index (χ0n) is 13.2. The van der Waals surface area contributed by atoms with E-state index in [9.17, 15) is 4.79 Å². The Bertz CT molecular complexity index is 815. The van der Waals surface area contributed by atoms with Crippen LogP contribution in [0.5, 0.6) is 5.75 Å². The molecule has 0 spiro atoms. The van der Waals surface area contributed by atoms with Gasteiger partial charge in [0.1, 0.15) is 5.75 Å². The first-order valence-corrected chi connectivity index (χ1v) is 7.52. The number of rotatable bonds is 6. The Morgan fingerprint density at radius 1 is 1.08 bits per heavy atom. The number of hydrogen-bond acceptors (Lipinski definition) is 5. The Labute approximate surface area is 139 Å². The van der Waals surface area contributed by atoms with Crippen LogP contribution in [-0.4, -0.2) is 23.2 Å². The molecule has 0 bridgehead atoms. The third-order valence-electron chi connectivity index (χ3n) is 3.47. The number of para-hydroxylation sites is 1. The largest absolute Gasteiger partial charge is 0.496 e. The lowest BCUT2D eigenvalue weighted by atomic mass is 10.1. The Morgan fingerprint density at radius 2 is 1.83 bits per heavy atom. The minimum atomic E-state index is -0.140. The summed E-state index contributed by atoms with van der Waals surface area (Å²) in [7, 11) is 1.58. The van der Waals surface area contributed by atoms with Crippen molar-refractivity contribution in [1.82, 2.24) is 15.5 Å². The molecule has 0 saturated heterocycles. The van der Waals surface area contributed by atoms with Gasteiger partial charge >= 0.3 is 0 Å². The molecule has 24 heavy (non-hydrogen) atoms. The van der Waals surface area contributed by atoms with Crippen molar-refractivity contribution in [2.24, 2.45) is 0 Å². The number of benzene rings is 2. The highest BCUT2D eigenvalue weighted by atomic mass is 16.5. The van der Waals surface area contributed by atoms with Gasteiger partial charge in [-0.1, -0.05) is 36.4 Å². The summed E-state index contributed by atoms with van der Waals surface area (Å²) in [4.78, 5) is 12.1. The Balaban J connectivity index is 1.58. The molecule has 1 N–H and O–H groups in total. The molecule has 0 aliphatic heterocycles. The van der Waals surface area contributed by atoms with Crippen LogP contribution in [0.4, 0.5) is 0 Å². The van der Waals surface area contributed by atoms with Crippen LogP contribution < -0.4 is 10.1 Å². The zero-order valence-corrected chi connectivity index (χ0v) is 13.2. The highest BCUT2D eigenvalue weighted by molar-refractivity contribution is 5.79. The summed E-state index contributed by atoms with van der Waals surface area (Å²) in [6.45, 7) is 0.188. The summed E-state index contributed by atoms with van der Waals surface area (Å²) >= 11 is 0. The van der Waals surface area contributed by atoms with Gasteiger partial charge in [-0.3, -0.25) is 4.79 Å². The molecule has 6 nitrogen and oxygen atoms in total. The molecule has 0 unspecified atom stereocenters. The molecule has 1 aromatic heterocycles. The molecule has 6 heteroatoms. The molecular weight excluding hydrogens is 306 g/mol. The van der Waals surface area contributed by atoms with E-state index < -0.39 is 0 Å². The van der Waals surface area contributed by atoms with Crippen molar-refractivity contribution in [3.8, 4) is 17.2 Å². The molecule has 0 fully saturated rings. The second kappa shape index (κ2) is 7.41. The van der Waals surface area contributed by atoms with E-state index in [2.05, 4.69) is 15.5 Å². The number of carbonyl (C=O) groups is 1. The van der Waals surface area contributed by atoms with Crippen LogP contribution in [0.25, 0.3) is 11.5 Å². The minimum Gasteiger partial charge on any atom is -0.496 e. The molecule has 0 aliphatic rings. The summed E-state index contributed by atoms with van der Waals surface area (Å²) in [6, 6.07) is 16.9. The summed E-state index contributed by atoms with van der Waals surface area (Å²) in [5.41, 5.74) is 1.67. The average molecular weight is 323 g/mol. The fourth-order valence-corrected chi connectivity index (χ4v) is 2.28. The number of carbonyl (C=O) groups excluding carboxylic acids is 1. The van der Waals surface area contributed by atoms with Crippen LogP contribution in [0, 0.1) is 0 Å². The number of hydrogen-bond donors (Lipinski definition) is 1. The molecule has 0 radical (unpaired) electrons. The summed E-state index contributed by atoms with van der Waals surface area (Å²) in [5.74, 6) is 1.35. The van der Waals surface area contributed by atoms with Gasteiger partial charge in [0.15, 0.2) is 0 Å². The van der Waals surface area contributed by atoms with Crippen LogP contribution >= 0.6 is 0 Å². The number of methoxy groups -OCH3 is 1. The van der Waals surface area contributed by atoms with E-state index in [0.29, 0.717) is 17.5 Å². The van der Waals surface area contributed by atoms with Gasteiger partial charge in [0.05, 0.1) is 20.1 Å². The third kappa shape index (κ3) is 3.78. The lowest BCUT2D eigenvalue weighted by molar-refractivity contribution is -0.120. The summed E-state index contributed by atoms with van der Waals surface area (Å²) in [6.07, 6.45) is 0.226. The van der Waals surface area contributed by atoms with Crippen LogP contribution in [0.1, 0.15) is 11.5 Å². The normalized spacial score (nSPS) is 10.4. The van der Waals surface area contributed by atoms with Crippen molar-refractivity contribution < 1.29 is 13.9 Å². The van der Waals surface area contributed by atoms with Crippen molar-refractivity contribution in [3.63, 3.8) is 0 Å². The summed E-state index contributed by atoms with van der Waals surface area (Å²) in [5, 5.41) is 10.7. The van der Waals surface area contributed by atoms with Crippen molar-refractivity contribution >= 4 is 5.91 Å². The second-order valence-electron chi connectivity index (χ2n) is 5.13. The van der Waals surface area contributed by atoms with Crippen molar-refractivity contribution in [3.05, 3.63) is 66.1 Å². The van der Waals surface area contributed by atoms with E-state index in [4.69, 9.17) is 9.15 Å². The number of ether oxygens (including phenoxy) is 1. The van der Waals surface area contributed by atoms with Crippen LogP contribution in [0.3, 0.4) is 0 Å². The maximum absolute atomic E-state index is 12.1. The van der Waals surface area contributed by atoms with Crippen LogP contribution in [-0.2, 0) is 17.8 Å². The second-order valence-corrected chi connectivity index (χ2v) is 5.13. The maximum Gasteiger partial charge on any atom is 0.247 e. The van der Waals surface area contributed by atoms with Crippen molar-refractivity contribution in [1.29, 1.82) is 0 Å². The molecule has 3 aromatic rings. The SMILES string of the molecule is COc1ccccc1CC(=O)NCc1nnc(-c2ccccc2)o1. The minimum absolute atomic E-state index is 0.140. The molecule has 0 atom stereocenters. The van der Waals surface area contributed by atoms with E-state index in [0.717, 1.165) is 11.1 Å². The first-order valence-electron chi connectivity index (χ1n) is 7.52. The van der Waals surface area contributed by atoms with Crippen LogP contribution in [0.2, 0.25) is 0 Å². The molecule has 0 aliphatic carbocycles.